The highest BCUT2D eigenvalue weighted by molar-refractivity contribution is 5.87. The summed E-state index contributed by atoms with van der Waals surface area (Å²) in [5.74, 6) is -1.03. The van der Waals surface area contributed by atoms with Crippen molar-refractivity contribution in [1.82, 2.24) is 4.90 Å². The van der Waals surface area contributed by atoms with Gasteiger partial charge in [0.2, 0.25) is 0 Å². The summed E-state index contributed by atoms with van der Waals surface area (Å²) >= 11 is 0. The van der Waals surface area contributed by atoms with Crippen LogP contribution in [0.5, 0.6) is 11.5 Å². The van der Waals surface area contributed by atoms with Gasteiger partial charge in [-0.2, -0.15) is 0 Å². The van der Waals surface area contributed by atoms with Crippen molar-refractivity contribution in [3.05, 3.63) is 35.1 Å². The molecule has 2 aliphatic heterocycles. The van der Waals surface area contributed by atoms with Crippen LogP contribution in [0.15, 0.2) is 24.0 Å². The summed E-state index contributed by atoms with van der Waals surface area (Å²) in [6.45, 7) is 4.04. The Labute approximate surface area is 192 Å². The maximum Gasteiger partial charge on any atom is 0.314 e. The van der Waals surface area contributed by atoms with Crippen LogP contribution in [-0.4, -0.2) is 69.4 Å². The number of aromatic hydroxyl groups is 1. The number of carbonyl (C=O) groups excluding carboxylic acids is 2. The Morgan fingerprint density at radius 2 is 2.12 bits per heavy atom. The second kappa shape index (κ2) is 7.55. The van der Waals surface area contributed by atoms with Crippen LogP contribution in [-0.2, 0) is 26.2 Å². The van der Waals surface area contributed by atoms with Gasteiger partial charge in [-0.05, 0) is 50.6 Å². The van der Waals surface area contributed by atoms with E-state index in [1.807, 2.05) is 13.1 Å². The zero-order valence-corrected chi connectivity index (χ0v) is 19.2. The number of hydrogen-bond donors (Lipinski definition) is 3. The van der Waals surface area contributed by atoms with E-state index in [4.69, 9.17) is 9.47 Å². The van der Waals surface area contributed by atoms with Gasteiger partial charge in [0.15, 0.2) is 23.4 Å². The van der Waals surface area contributed by atoms with Crippen molar-refractivity contribution in [2.45, 2.75) is 75.2 Å². The van der Waals surface area contributed by atoms with Gasteiger partial charge >= 0.3 is 5.97 Å². The van der Waals surface area contributed by atoms with Crippen molar-refractivity contribution in [2.75, 3.05) is 13.6 Å². The van der Waals surface area contributed by atoms with E-state index >= 15 is 0 Å². The third kappa shape index (κ3) is 2.93. The zero-order valence-electron chi connectivity index (χ0n) is 19.2. The third-order valence-corrected chi connectivity index (χ3v) is 8.24. The number of phenols is 1. The number of carbonyl (C=O) groups is 2. The highest BCUT2D eigenvalue weighted by Gasteiger charge is 2.72. The number of aliphatic hydroxyl groups is 2. The lowest BCUT2D eigenvalue weighted by Crippen LogP contribution is -2.74. The van der Waals surface area contributed by atoms with Gasteiger partial charge in [-0.1, -0.05) is 19.9 Å². The number of ketones is 1. The van der Waals surface area contributed by atoms with Crippen molar-refractivity contribution >= 4 is 11.8 Å². The Hall–Kier alpha value is -2.42. The maximum absolute atomic E-state index is 12.9. The fraction of sp³-hybridized carbons (Fsp3) is 0.600. The topological polar surface area (TPSA) is 117 Å². The van der Waals surface area contributed by atoms with Crippen molar-refractivity contribution in [1.29, 1.82) is 0 Å². The number of ether oxygens (including phenoxy) is 2. The van der Waals surface area contributed by atoms with Crippen LogP contribution in [0.3, 0.4) is 0 Å². The highest BCUT2D eigenvalue weighted by Crippen LogP contribution is 2.65. The number of likely N-dealkylation sites (tertiary alicyclic amines) is 1. The fourth-order valence-electron chi connectivity index (χ4n) is 6.40. The van der Waals surface area contributed by atoms with Crippen LogP contribution in [0, 0.1) is 5.92 Å². The fourth-order valence-corrected chi connectivity index (χ4v) is 6.40. The smallest absolute Gasteiger partial charge is 0.314 e. The third-order valence-electron chi connectivity index (χ3n) is 8.24. The molecule has 2 heterocycles. The molecule has 0 amide bonds. The average molecular weight is 458 g/mol. The summed E-state index contributed by atoms with van der Waals surface area (Å²) in [5, 5.41) is 32.4. The van der Waals surface area contributed by atoms with E-state index in [2.05, 4.69) is 4.90 Å². The monoisotopic (exact) mass is 457 g/mol. The van der Waals surface area contributed by atoms with Crippen molar-refractivity contribution in [3.8, 4) is 11.5 Å². The minimum atomic E-state index is -1.13. The van der Waals surface area contributed by atoms with E-state index < -0.39 is 40.9 Å². The Morgan fingerprint density at radius 1 is 1.36 bits per heavy atom. The molecule has 0 saturated carbocycles. The molecule has 0 radical (unpaired) electrons. The average Bonchev–Trinajstić information content (AvgIpc) is 3.15. The molecular formula is C25H31NO7. The molecular weight excluding hydrogens is 426 g/mol. The predicted molar refractivity (Wildman–Crippen MR) is 118 cm³/mol. The van der Waals surface area contributed by atoms with Crippen LogP contribution in [0.25, 0.3) is 0 Å². The standard InChI is InChI=1S/C25H31NO7/c1-4-15(27)17(29)11-13(2)23(30)32-18-7-8-25(31)19-12-14-5-6-16(28)21-20(14)24(25,22(18)33-21)9-10-26(19)3/h5-7,13,15,19,22,27-28,31H,4,8-12H2,1-3H3/t13-,15+,19-,22?,24?,25-/m1/s1. The number of aliphatic hydroxyl groups excluding tert-OH is 1. The summed E-state index contributed by atoms with van der Waals surface area (Å²) < 4.78 is 12.0. The Balaban J connectivity index is 1.49. The van der Waals surface area contributed by atoms with Gasteiger partial charge in [0.1, 0.15) is 11.9 Å². The van der Waals surface area contributed by atoms with Crippen LogP contribution >= 0.6 is 0 Å². The minimum Gasteiger partial charge on any atom is -0.504 e. The SMILES string of the molecule is CC[C@H](O)C(=O)C[C@@H](C)C(=O)OC1=CC[C@@]2(O)[C@H]3Cc4ccc(O)c5c4C2(CCN3C)C1O5. The molecule has 1 spiro atoms. The summed E-state index contributed by atoms with van der Waals surface area (Å²) in [6, 6.07) is 3.38. The Kier molecular flexibility index (Phi) is 5.12. The lowest BCUT2D eigenvalue weighted by atomic mass is 9.50. The number of Topliss-reactive ketones (excluding diaryl/α,β-unsaturated/α-hetero) is 1. The lowest BCUT2D eigenvalue weighted by molar-refractivity contribution is -0.170. The van der Waals surface area contributed by atoms with E-state index in [0.717, 1.165) is 17.7 Å². The Morgan fingerprint density at radius 3 is 2.85 bits per heavy atom. The number of benzene rings is 1. The molecule has 8 nitrogen and oxygen atoms in total. The summed E-state index contributed by atoms with van der Waals surface area (Å²) in [4.78, 5) is 27.1. The molecule has 1 aromatic carbocycles. The summed E-state index contributed by atoms with van der Waals surface area (Å²) in [5.41, 5.74) is -0.0884. The molecule has 178 valence electrons. The van der Waals surface area contributed by atoms with Crippen LogP contribution in [0.2, 0.25) is 0 Å². The van der Waals surface area contributed by atoms with Gasteiger partial charge < -0.3 is 29.7 Å². The molecule has 2 unspecified atom stereocenters. The van der Waals surface area contributed by atoms with E-state index in [1.54, 1.807) is 26.0 Å². The molecule has 1 fully saturated rings. The van der Waals surface area contributed by atoms with Gasteiger partial charge in [0.25, 0.3) is 0 Å². The number of rotatable bonds is 6. The number of likely N-dealkylation sites (N-methyl/N-ethyl adjacent to an activating group) is 1. The molecule has 1 saturated heterocycles. The van der Waals surface area contributed by atoms with E-state index in [9.17, 15) is 24.9 Å². The summed E-state index contributed by atoms with van der Waals surface area (Å²) in [6.07, 6.45) is 1.60. The molecule has 1 aromatic rings. The number of esters is 1. The Bertz CT molecular complexity index is 1050. The van der Waals surface area contributed by atoms with Gasteiger partial charge in [-0.25, -0.2) is 0 Å². The van der Waals surface area contributed by atoms with Crippen molar-refractivity contribution in [3.63, 3.8) is 0 Å². The first-order valence-corrected chi connectivity index (χ1v) is 11.7. The highest BCUT2D eigenvalue weighted by atomic mass is 16.6. The second-order valence-electron chi connectivity index (χ2n) is 10.0. The normalized spacial score (nSPS) is 33.4. The zero-order chi connectivity index (χ0) is 23.7. The quantitative estimate of drug-likeness (QED) is 0.552. The van der Waals surface area contributed by atoms with Crippen molar-refractivity contribution < 1.29 is 34.4 Å². The first kappa shape index (κ1) is 22.4. The second-order valence-corrected chi connectivity index (χ2v) is 10.0. The number of hydrogen-bond acceptors (Lipinski definition) is 8. The van der Waals surface area contributed by atoms with Gasteiger partial charge in [-0.3, -0.25) is 9.59 Å². The van der Waals surface area contributed by atoms with Crippen LogP contribution < -0.4 is 4.74 Å². The largest absolute Gasteiger partial charge is 0.504 e. The summed E-state index contributed by atoms with van der Waals surface area (Å²) in [7, 11) is 2.01. The number of nitrogens with zero attached hydrogens (tertiary/aromatic N) is 1. The molecule has 0 aromatic heterocycles. The molecule has 5 rings (SSSR count). The molecule has 6 atom stereocenters. The van der Waals surface area contributed by atoms with Crippen LogP contribution in [0.4, 0.5) is 0 Å². The first-order valence-electron chi connectivity index (χ1n) is 11.7. The minimum absolute atomic E-state index is 0.00967. The number of piperidine rings is 1. The van der Waals surface area contributed by atoms with E-state index in [1.165, 1.54) is 0 Å². The molecule has 2 bridgehead atoms. The van der Waals surface area contributed by atoms with Crippen molar-refractivity contribution in [2.24, 2.45) is 5.92 Å². The predicted octanol–water partition coefficient (Wildman–Crippen LogP) is 1.58. The van der Waals surface area contributed by atoms with E-state index in [-0.39, 0.29) is 18.2 Å². The lowest BCUT2D eigenvalue weighted by Gasteiger charge is -2.61. The molecule has 33 heavy (non-hydrogen) atoms. The number of phenolic OH excluding ortho intramolecular Hbond substituents is 1. The van der Waals surface area contributed by atoms with Gasteiger partial charge in [-0.15, -0.1) is 0 Å². The maximum atomic E-state index is 12.9. The van der Waals surface area contributed by atoms with Gasteiger partial charge in [0.05, 0.1) is 16.9 Å². The molecule has 2 aliphatic carbocycles. The molecule has 8 heteroatoms. The molecule has 4 aliphatic rings. The van der Waals surface area contributed by atoms with E-state index in [0.29, 0.717) is 37.2 Å². The first-order chi connectivity index (χ1) is 15.6. The molecule has 3 N–H and O–H groups in total. The van der Waals surface area contributed by atoms with Crippen LogP contribution in [0.1, 0.15) is 50.7 Å². The van der Waals surface area contributed by atoms with Gasteiger partial charge in [0, 0.05) is 24.4 Å².